The summed E-state index contributed by atoms with van der Waals surface area (Å²) in [6.45, 7) is 0. The molecule has 182 valence electrons. The summed E-state index contributed by atoms with van der Waals surface area (Å²) in [7, 11) is 0. The maximum absolute atomic E-state index is 12.3. The van der Waals surface area contributed by atoms with E-state index in [0.29, 0.717) is 0 Å². The van der Waals surface area contributed by atoms with E-state index in [9.17, 15) is 45.7 Å². The molecule has 0 saturated carbocycles. The zero-order valence-corrected chi connectivity index (χ0v) is 17.4. The summed E-state index contributed by atoms with van der Waals surface area (Å²) < 4.78 is 4.46. The fourth-order valence-electron chi connectivity index (χ4n) is 3.36. The number of hydrogen-bond donors (Lipinski definition) is 2. The lowest BCUT2D eigenvalue weighted by Gasteiger charge is -2.12. The van der Waals surface area contributed by atoms with Crippen molar-refractivity contribution in [3.63, 3.8) is 0 Å². The Hall–Kier alpha value is -5.94. The van der Waals surface area contributed by atoms with Gasteiger partial charge >= 0.3 is 16.9 Å². The van der Waals surface area contributed by atoms with Crippen molar-refractivity contribution in [3.05, 3.63) is 94.2 Å². The molecule has 0 aliphatic rings. The van der Waals surface area contributed by atoms with Gasteiger partial charge in [-0.05, 0) is 17.0 Å². The number of aromatic nitrogens is 2. The number of non-ortho nitro benzene ring substituents is 2. The van der Waals surface area contributed by atoms with Gasteiger partial charge in [0, 0.05) is 35.6 Å². The van der Waals surface area contributed by atoms with E-state index >= 15 is 0 Å². The first-order valence-electron chi connectivity index (χ1n) is 9.49. The molecule has 0 radical (unpaired) electrons. The van der Waals surface area contributed by atoms with E-state index in [-0.39, 0.29) is 16.3 Å². The summed E-state index contributed by atoms with van der Waals surface area (Å²) in [5, 5.41) is 66.9. The van der Waals surface area contributed by atoms with Gasteiger partial charge in [-0.2, -0.15) is 0 Å². The number of nitro groups is 4. The van der Waals surface area contributed by atoms with Crippen LogP contribution in [0.3, 0.4) is 0 Å². The highest BCUT2D eigenvalue weighted by Crippen LogP contribution is 2.48. The summed E-state index contributed by atoms with van der Waals surface area (Å²) in [5.41, 5.74) is -5.90. The SMILES string of the molecule is O=[N+]([O-])c1cccc(Nc2c([N+](=O)[O-])c(Nc3cccc([N+](=O)[O-])c3)c3c(no[n+]3[O-])c2[N+](=O)[O-])c1. The van der Waals surface area contributed by atoms with Crippen molar-refractivity contribution >= 4 is 56.5 Å². The number of fused-ring (bicyclic) bond motifs is 1. The number of rotatable bonds is 8. The largest absolute Gasteiger partial charge is 0.359 e. The molecule has 0 bridgehead atoms. The van der Waals surface area contributed by atoms with Crippen LogP contribution in [0.2, 0.25) is 0 Å². The Bertz CT molecular complexity index is 1580. The average Bonchev–Trinajstić information content (AvgIpc) is 3.20. The summed E-state index contributed by atoms with van der Waals surface area (Å²) >= 11 is 0. The zero-order chi connectivity index (χ0) is 26.1. The first-order valence-corrected chi connectivity index (χ1v) is 9.49. The molecule has 0 aliphatic carbocycles. The highest BCUT2D eigenvalue weighted by Gasteiger charge is 2.41. The van der Waals surface area contributed by atoms with E-state index < -0.39 is 64.9 Å². The van der Waals surface area contributed by atoms with E-state index in [1.54, 1.807) is 0 Å². The van der Waals surface area contributed by atoms with Gasteiger partial charge in [0.1, 0.15) is 0 Å². The van der Waals surface area contributed by atoms with Gasteiger partial charge < -0.3 is 15.8 Å². The molecule has 36 heavy (non-hydrogen) atoms. The van der Waals surface area contributed by atoms with Crippen molar-refractivity contribution in [1.82, 2.24) is 5.16 Å². The minimum Gasteiger partial charge on any atom is -0.359 e. The molecule has 0 spiro atoms. The molecular weight excluding hydrogens is 488 g/mol. The van der Waals surface area contributed by atoms with Crippen LogP contribution in [0.25, 0.3) is 11.0 Å². The summed E-state index contributed by atoms with van der Waals surface area (Å²) in [5.74, 6) is 0. The van der Waals surface area contributed by atoms with Crippen LogP contribution in [0, 0.1) is 45.7 Å². The Morgan fingerprint density at radius 1 is 0.722 bits per heavy atom. The third-order valence-corrected chi connectivity index (χ3v) is 4.80. The fraction of sp³-hybridized carbons (Fsp3) is 0. The Balaban J connectivity index is 2.02. The van der Waals surface area contributed by atoms with E-state index in [0.717, 1.165) is 24.3 Å². The lowest BCUT2D eigenvalue weighted by atomic mass is 10.1. The van der Waals surface area contributed by atoms with E-state index in [1.807, 2.05) is 0 Å². The first-order chi connectivity index (χ1) is 17.1. The number of anilines is 4. The Morgan fingerprint density at radius 3 is 1.69 bits per heavy atom. The lowest BCUT2D eigenvalue weighted by molar-refractivity contribution is -0.782. The van der Waals surface area contributed by atoms with Gasteiger partial charge in [0.05, 0.1) is 24.8 Å². The van der Waals surface area contributed by atoms with Crippen LogP contribution in [0.1, 0.15) is 0 Å². The van der Waals surface area contributed by atoms with E-state index in [4.69, 9.17) is 0 Å². The zero-order valence-electron chi connectivity index (χ0n) is 17.4. The van der Waals surface area contributed by atoms with Crippen LogP contribution in [0.5, 0.6) is 0 Å². The minimum atomic E-state index is -1.05. The van der Waals surface area contributed by atoms with Gasteiger partial charge in [0.25, 0.3) is 16.9 Å². The molecule has 0 amide bonds. The molecule has 0 atom stereocenters. The van der Waals surface area contributed by atoms with Crippen LogP contribution in [-0.2, 0) is 0 Å². The van der Waals surface area contributed by atoms with Crippen molar-refractivity contribution in [3.8, 4) is 0 Å². The second-order valence-corrected chi connectivity index (χ2v) is 6.95. The maximum atomic E-state index is 12.3. The second kappa shape index (κ2) is 8.78. The van der Waals surface area contributed by atoms with Gasteiger partial charge in [-0.1, -0.05) is 12.1 Å². The quantitative estimate of drug-likeness (QED) is 0.200. The normalized spacial score (nSPS) is 10.7. The summed E-state index contributed by atoms with van der Waals surface area (Å²) in [4.78, 5) is 42.4. The van der Waals surface area contributed by atoms with Crippen LogP contribution >= 0.6 is 0 Å². The monoisotopic (exact) mass is 498 g/mol. The molecule has 1 heterocycles. The topological polar surface area (TPSA) is 250 Å². The van der Waals surface area contributed by atoms with Crippen LogP contribution < -0.4 is 15.5 Å². The van der Waals surface area contributed by atoms with Crippen molar-refractivity contribution in [1.29, 1.82) is 0 Å². The second-order valence-electron chi connectivity index (χ2n) is 6.95. The molecule has 18 nitrogen and oxygen atoms in total. The number of nitrogens with zero attached hydrogens (tertiary/aromatic N) is 6. The lowest BCUT2D eigenvalue weighted by Crippen LogP contribution is -2.24. The van der Waals surface area contributed by atoms with Crippen LogP contribution in [0.15, 0.2) is 53.2 Å². The first kappa shape index (κ1) is 23.2. The van der Waals surface area contributed by atoms with Crippen molar-refractivity contribution in [2.24, 2.45) is 0 Å². The van der Waals surface area contributed by atoms with Crippen molar-refractivity contribution in [2.45, 2.75) is 0 Å². The van der Waals surface area contributed by atoms with Gasteiger partial charge in [-0.15, -0.1) is 0 Å². The van der Waals surface area contributed by atoms with Crippen LogP contribution in [-0.4, -0.2) is 24.8 Å². The predicted octanol–water partition coefficient (Wildman–Crippen LogP) is 3.58. The third kappa shape index (κ3) is 4.07. The molecule has 0 unspecified atom stereocenters. The molecule has 2 N–H and O–H groups in total. The molecule has 18 heteroatoms. The minimum absolute atomic E-state index is 0.0787. The third-order valence-electron chi connectivity index (χ3n) is 4.80. The van der Waals surface area contributed by atoms with Crippen molar-refractivity contribution < 1.29 is 29.2 Å². The maximum Gasteiger partial charge on any atom is 0.357 e. The Kier molecular flexibility index (Phi) is 5.66. The number of nitro benzene ring substituents is 4. The van der Waals surface area contributed by atoms with Gasteiger partial charge in [-0.3, -0.25) is 45.1 Å². The van der Waals surface area contributed by atoms with Gasteiger partial charge in [0.2, 0.25) is 5.69 Å². The molecule has 3 aromatic carbocycles. The number of nitrogens with one attached hydrogen (secondary N) is 2. The molecule has 0 aliphatic heterocycles. The smallest absolute Gasteiger partial charge is 0.357 e. The molecule has 4 rings (SSSR count). The van der Waals surface area contributed by atoms with E-state index in [2.05, 4.69) is 20.4 Å². The van der Waals surface area contributed by atoms with Crippen molar-refractivity contribution in [2.75, 3.05) is 10.6 Å². The van der Waals surface area contributed by atoms with Gasteiger partial charge in [-0.25, -0.2) is 0 Å². The summed E-state index contributed by atoms with van der Waals surface area (Å²) in [6, 6.07) is 9.30. The highest BCUT2D eigenvalue weighted by atomic mass is 16.8. The van der Waals surface area contributed by atoms with E-state index in [1.165, 1.54) is 24.3 Å². The standard InChI is InChI=1S/C18H10N8O10/c27-22(28)11-5-1-3-9(7-11)19-13-16(24(31)32)14(20-10-4-2-6-12(8-10)23(29)30)18-15(17(13)25(33)34)21-36-26(18)35/h1-8,19-20H. The summed E-state index contributed by atoms with van der Waals surface area (Å²) in [6.07, 6.45) is 0. The predicted molar refractivity (Wildman–Crippen MR) is 119 cm³/mol. The Labute approximate surface area is 196 Å². The highest BCUT2D eigenvalue weighted by molar-refractivity contribution is 6.07. The molecule has 0 saturated heterocycles. The molecule has 0 fully saturated rings. The van der Waals surface area contributed by atoms with Crippen LogP contribution in [0.4, 0.5) is 45.5 Å². The molecule has 4 aromatic rings. The molecular formula is C18H10N8O10. The number of benzene rings is 3. The number of hydrogen-bond acceptors (Lipinski definition) is 13. The molecule has 1 aromatic heterocycles. The fourth-order valence-corrected chi connectivity index (χ4v) is 3.36. The average molecular weight is 498 g/mol. The Morgan fingerprint density at radius 2 is 1.22 bits per heavy atom. The van der Waals surface area contributed by atoms with Gasteiger partial charge in [0.15, 0.2) is 5.69 Å².